The third-order valence-electron chi connectivity index (χ3n) is 5.15. The fourth-order valence-corrected chi connectivity index (χ4v) is 5.81. The van der Waals surface area contributed by atoms with Crippen LogP contribution in [0.25, 0.3) is 10.2 Å². The van der Waals surface area contributed by atoms with Crippen LogP contribution in [0.3, 0.4) is 0 Å². The van der Waals surface area contributed by atoms with E-state index in [9.17, 15) is 9.59 Å². The number of rotatable bonds is 5. The Morgan fingerprint density at radius 2 is 2.07 bits per heavy atom. The maximum atomic E-state index is 12.8. The first kappa shape index (κ1) is 19.4. The lowest BCUT2D eigenvalue weighted by Gasteiger charge is -2.23. The number of fused-ring (bicyclic) bond motifs is 1. The van der Waals surface area contributed by atoms with E-state index in [0.29, 0.717) is 16.8 Å². The summed E-state index contributed by atoms with van der Waals surface area (Å²) >= 11 is 2.89. The number of para-hydroxylation sites is 1. The molecule has 1 unspecified atom stereocenters. The molecule has 2 fully saturated rings. The summed E-state index contributed by atoms with van der Waals surface area (Å²) in [5, 5.41) is 3.98. The Balaban J connectivity index is 1.45. The highest BCUT2D eigenvalue weighted by Crippen LogP contribution is 2.34. The molecule has 148 valence electrons. The normalized spacial score (nSPS) is 22.3. The van der Waals surface area contributed by atoms with Crippen molar-refractivity contribution in [1.29, 1.82) is 0 Å². The van der Waals surface area contributed by atoms with Crippen LogP contribution in [0.15, 0.2) is 29.3 Å². The van der Waals surface area contributed by atoms with Gasteiger partial charge in [0.15, 0.2) is 5.17 Å². The molecule has 2 amide bonds. The number of benzene rings is 1. The Bertz CT molecular complexity index is 871. The predicted molar refractivity (Wildman–Crippen MR) is 115 cm³/mol. The van der Waals surface area contributed by atoms with Crippen LogP contribution >= 0.6 is 23.1 Å². The molecule has 1 aliphatic heterocycles. The Morgan fingerprint density at radius 3 is 2.82 bits per heavy atom. The van der Waals surface area contributed by atoms with E-state index >= 15 is 0 Å². The van der Waals surface area contributed by atoms with Crippen molar-refractivity contribution in [2.24, 2.45) is 4.99 Å². The first-order valence-corrected chi connectivity index (χ1v) is 11.6. The van der Waals surface area contributed by atoms with Crippen LogP contribution in [0, 0.1) is 0 Å². The number of aliphatic imine (C=N–C) groups is 1. The van der Waals surface area contributed by atoms with Crippen molar-refractivity contribution >= 4 is 55.4 Å². The molecule has 0 spiro atoms. The van der Waals surface area contributed by atoms with E-state index in [1.165, 1.54) is 42.4 Å². The smallest absolute Gasteiger partial charge is 0.242 e. The molecule has 6 nitrogen and oxygen atoms in total. The van der Waals surface area contributed by atoms with E-state index < -0.39 is 5.25 Å². The van der Waals surface area contributed by atoms with Crippen molar-refractivity contribution < 1.29 is 9.59 Å². The number of aromatic nitrogens is 1. The fourth-order valence-electron chi connectivity index (χ4n) is 3.71. The van der Waals surface area contributed by atoms with Gasteiger partial charge in [-0.1, -0.05) is 54.5 Å². The third-order valence-corrected chi connectivity index (χ3v) is 7.26. The second-order valence-corrected chi connectivity index (χ2v) is 9.33. The minimum absolute atomic E-state index is 0.0324. The Kier molecular flexibility index (Phi) is 5.96. The van der Waals surface area contributed by atoms with Crippen molar-refractivity contribution in [2.75, 3.05) is 6.54 Å². The molecule has 1 atom stereocenters. The van der Waals surface area contributed by atoms with Gasteiger partial charge in [0.05, 0.1) is 10.2 Å². The molecule has 2 aliphatic rings. The monoisotopic (exact) mass is 416 g/mol. The average Bonchev–Trinajstić information content (AvgIpc) is 3.23. The van der Waals surface area contributed by atoms with Crippen molar-refractivity contribution in [3.8, 4) is 0 Å². The maximum Gasteiger partial charge on any atom is 0.242 e. The molecule has 8 heteroatoms. The van der Waals surface area contributed by atoms with Crippen LogP contribution in [0.1, 0.15) is 45.4 Å². The zero-order valence-corrected chi connectivity index (χ0v) is 17.5. The molecule has 2 aromatic rings. The quantitative estimate of drug-likeness (QED) is 0.797. The molecule has 2 heterocycles. The number of thioether (sulfide) groups is 1. The number of carbonyl (C=O) groups is 2. The van der Waals surface area contributed by atoms with E-state index in [2.05, 4.69) is 15.3 Å². The molecule has 28 heavy (non-hydrogen) atoms. The van der Waals surface area contributed by atoms with Gasteiger partial charge >= 0.3 is 0 Å². The molecule has 1 aliphatic carbocycles. The standard InChI is InChI=1S/C20H24N4O2S2/c1-2-24-18(26)16(12-17(25)21-13-8-4-3-5-9-13)28-20(24)23-19-22-14-10-6-7-11-15(14)27-19/h6-7,10-11,13,16H,2-5,8-9,12H2,1H3,(H,21,25). The molecule has 1 aromatic heterocycles. The highest BCUT2D eigenvalue weighted by molar-refractivity contribution is 8.15. The van der Waals surface area contributed by atoms with E-state index in [-0.39, 0.29) is 24.3 Å². The summed E-state index contributed by atoms with van der Waals surface area (Å²) in [5.74, 6) is -0.0683. The third kappa shape index (κ3) is 4.22. The van der Waals surface area contributed by atoms with Crippen molar-refractivity contribution in [3.05, 3.63) is 24.3 Å². The van der Waals surface area contributed by atoms with Gasteiger partial charge in [0.25, 0.3) is 0 Å². The first-order chi connectivity index (χ1) is 13.6. The van der Waals surface area contributed by atoms with Gasteiger partial charge in [-0.25, -0.2) is 4.98 Å². The molecule has 1 N–H and O–H groups in total. The summed E-state index contributed by atoms with van der Waals surface area (Å²) in [6, 6.07) is 8.16. The first-order valence-electron chi connectivity index (χ1n) is 9.85. The average molecular weight is 417 g/mol. The van der Waals surface area contributed by atoms with Crippen LogP contribution in [0.5, 0.6) is 0 Å². The van der Waals surface area contributed by atoms with Gasteiger partial charge in [0.2, 0.25) is 16.9 Å². The Morgan fingerprint density at radius 1 is 1.29 bits per heavy atom. The molecule has 1 saturated heterocycles. The molecular weight excluding hydrogens is 392 g/mol. The lowest BCUT2D eigenvalue weighted by molar-refractivity contribution is -0.129. The topological polar surface area (TPSA) is 74.7 Å². The van der Waals surface area contributed by atoms with E-state index in [1.807, 2.05) is 31.2 Å². The molecule has 0 radical (unpaired) electrons. The Hall–Kier alpha value is -1.93. The fraction of sp³-hybridized carbons (Fsp3) is 0.500. The SMILES string of the molecule is CCN1C(=O)C(CC(=O)NC2CCCCC2)SC1=Nc1nc2ccccc2s1. The van der Waals surface area contributed by atoms with Crippen molar-refractivity contribution in [2.45, 2.75) is 56.7 Å². The van der Waals surface area contributed by atoms with Gasteiger partial charge in [-0.2, -0.15) is 4.99 Å². The molecule has 1 aromatic carbocycles. The van der Waals surface area contributed by atoms with E-state index in [0.717, 1.165) is 23.1 Å². The highest BCUT2D eigenvalue weighted by Gasteiger charge is 2.38. The summed E-state index contributed by atoms with van der Waals surface area (Å²) in [5.41, 5.74) is 0.910. The van der Waals surface area contributed by atoms with Crippen molar-refractivity contribution in [3.63, 3.8) is 0 Å². The van der Waals surface area contributed by atoms with Gasteiger partial charge < -0.3 is 5.32 Å². The van der Waals surface area contributed by atoms with Gasteiger partial charge in [0.1, 0.15) is 5.25 Å². The number of nitrogens with zero attached hydrogens (tertiary/aromatic N) is 3. The van der Waals surface area contributed by atoms with Crippen LogP contribution < -0.4 is 5.32 Å². The van der Waals surface area contributed by atoms with Crippen LogP contribution in [-0.4, -0.2) is 44.7 Å². The van der Waals surface area contributed by atoms with Gasteiger partial charge in [0, 0.05) is 19.0 Å². The lowest BCUT2D eigenvalue weighted by atomic mass is 9.95. The largest absolute Gasteiger partial charge is 0.353 e. The number of amides is 2. The molecular formula is C20H24N4O2S2. The maximum absolute atomic E-state index is 12.8. The second-order valence-electron chi connectivity index (χ2n) is 7.15. The zero-order chi connectivity index (χ0) is 19.5. The number of hydrogen-bond donors (Lipinski definition) is 1. The van der Waals surface area contributed by atoms with Crippen LogP contribution in [0.2, 0.25) is 0 Å². The number of hydrogen-bond acceptors (Lipinski definition) is 6. The highest BCUT2D eigenvalue weighted by atomic mass is 32.2. The number of amidine groups is 1. The summed E-state index contributed by atoms with van der Waals surface area (Å²) in [6.45, 7) is 2.47. The van der Waals surface area contributed by atoms with Gasteiger partial charge in [-0.15, -0.1) is 0 Å². The second kappa shape index (κ2) is 8.61. The summed E-state index contributed by atoms with van der Waals surface area (Å²) in [4.78, 5) is 36.0. The summed E-state index contributed by atoms with van der Waals surface area (Å²) in [6.07, 6.45) is 5.89. The number of nitrogens with one attached hydrogen (secondary N) is 1. The van der Waals surface area contributed by atoms with Crippen LogP contribution in [0.4, 0.5) is 5.13 Å². The van der Waals surface area contributed by atoms with Crippen LogP contribution in [-0.2, 0) is 9.59 Å². The van der Waals surface area contributed by atoms with Gasteiger partial charge in [-0.3, -0.25) is 14.5 Å². The van der Waals surface area contributed by atoms with Gasteiger partial charge in [-0.05, 0) is 31.9 Å². The minimum Gasteiger partial charge on any atom is -0.353 e. The van der Waals surface area contributed by atoms with Crippen molar-refractivity contribution in [1.82, 2.24) is 15.2 Å². The van der Waals surface area contributed by atoms with E-state index in [4.69, 9.17) is 0 Å². The molecule has 0 bridgehead atoms. The molecule has 4 rings (SSSR count). The summed E-state index contributed by atoms with van der Waals surface area (Å²) in [7, 11) is 0. The Labute approximate surface area is 172 Å². The summed E-state index contributed by atoms with van der Waals surface area (Å²) < 4.78 is 1.07. The lowest BCUT2D eigenvalue weighted by Crippen LogP contribution is -2.39. The number of thiazole rings is 1. The number of carbonyl (C=O) groups excluding carboxylic acids is 2. The van der Waals surface area contributed by atoms with E-state index in [1.54, 1.807) is 4.90 Å². The zero-order valence-electron chi connectivity index (χ0n) is 15.9. The minimum atomic E-state index is -0.406. The molecule has 1 saturated carbocycles. The predicted octanol–water partition coefficient (Wildman–Crippen LogP) is 4.09.